The average Bonchev–Trinajstić information content (AvgIpc) is 3.29. The topological polar surface area (TPSA) is 85.6 Å². The summed E-state index contributed by atoms with van der Waals surface area (Å²) in [4.78, 5) is 16.5. The van der Waals surface area contributed by atoms with Crippen LogP contribution < -0.4 is 5.32 Å². The first kappa shape index (κ1) is 18.4. The van der Waals surface area contributed by atoms with Gasteiger partial charge >= 0.3 is 0 Å². The van der Waals surface area contributed by atoms with Gasteiger partial charge in [-0.1, -0.05) is 27.2 Å². The molecule has 0 radical (unpaired) electrons. The highest BCUT2D eigenvalue weighted by molar-refractivity contribution is 9.10. The van der Waals surface area contributed by atoms with Gasteiger partial charge < -0.3 is 0 Å². The van der Waals surface area contributed by atoms with Crippen LogP contribution in [0.2, 0.25) is 0 Å². The third kappa shape index (κ3) is 3.69. The van der Waals surface area contributed by atoms with Crippen molar-refractivity contribution in [2.45, 2.75) is 6.92 Å². The second-order valence-electron chi connectivity index (χ2n) is 5.80. The van der Waals surface area contributed by atoms with Crippen LogP contribution in [-0.4, -0.2) is 30.3 Å². The number of amides is 1. The number of aromatic nitrogens is 5. The Kier molecular flexibility index (Phi) is 4.97. The van der Waals surface area contributed by atoms with Crippen LogP contribution in [0.15, 0.2) is 53.0 Å². The lowest BCUT2D eigenvalue weighted by Crippen LogP contribution is -2.11. The number of hydrogen-bond acceptors (Lipinski definition) is 6. The Balaban J connectivity index is 1.56. The lowest BCUT2D eigenvalue weighted by Gasteiger charge is -2.03. The largest absolute Gasteiger partial charge is 0.297 e. The molecule has 4 rings (SSSR count). The highest BCUT2D eigenvalue weighted by Gasteiger charge is 2.18. The molecule has 0 saturated carbocycles. The molecule has 2 heterocycles. The first-order valence-corrected chi connectivity index (χ1v) is 9.67. The van der Waals surface area contributed by atoms with E-state index in [9.17, 15) is 9.18 Å². The van der Waals surface area contributed by atoms with Gasteiger partial charge in [0.15, 0.2) is 11.5 Å². The van der Waals surface area contributed by atoms with Crippen molar-refractivity contribution in [3.05, 3.63) is 70.1 Å². The van der Waals surface area contributed by atoms with E-state index in [1.807, 2.05) is 31.2 Å². The van der Waals surface area contributed by atoms with Gasteiger partial charge in [-0.15, -0.1) is 5.10 Å². The molecule has 0 aliphatic carbocycles. The van der Waals surface area contributed by atoms with Crippen LogP contribution in [0.3, 0.4) is 0 Å². The summed E-state index contributed by atoms with van der Waals surface area (Å²) >= 11 is 4.42. The van der Waals surface area contributed by atoms with Crippen molar-refractivity contribution < 1.29 is 9.18 Å². The summed E-state index contributed by atoms with van der Waals surface area (Å²) in [7, 11) is 0. The second kappa shape index (κ2) is 7.56. The molecule has 0 spiro atoms. The number of halogens is 2. The van der Waals surface area contributed by atoms with Crippen LogP contribution in [0.1, 0.15) is 16.1 Å². The van der Waals surface area contributed by atoms with E-state index in [2.05, 4.69) is 40.9 Å². The molecule has 2 aromatic carbocycles. The van der Waals surface area contributed by atoms with Gasteiger partial charge in [-0.25, -0.2) is 9.07 Å². The molecule has 0 aliphatic rings. The number of benzene rings is 2. The van der Waals surface area contributed by atoms with Crippen molar-refractivity contribution in [2.24, 2.45) is 0 Å². The summed E-state index contributed by atoms with van der Waals surface area (Å²) < 4.78 is 20.2. The fourth-order valence-electron chi connectivity index (χ4n) is 2.53. The van der Waals surface area contributed by atoms with E-state index in [1.165, 1.54) is 18.2 Å². The molecule has 1 N–H and O–H groups in total. The number of nitrogens with one attached hydrogen (secondary N) is 1. The number of nitrogens with zero attached hydrogens (tertiary/aromatic N) is 5. The van der Waals surface area contributed by atoms with E-state index in [0.29, 0.717) is 16.6 Å². The smallest absolute Gasteiger partial charge is 0.257 e. The number of hydrogen-bond donors (Lipinski definition) is 1. The van der Waals surface area contributed by atoms with E-state index < -0.39 is 11.7 Å². The van der Waals surface area contributed by atoms with Crippen molar-refractivity contribution in [1.29, 1.82) is 0 Å². The fraction of sp³-hybridized carbons (Fsp3) is 0.0556. The Morgan fingerprint density at radius 1 is 1.21 bits per heavy atom. The van der Waals surface area contributed by atoms with E-state index in [-0.39, 0.29) is 5.56 Å². The van der Waals surface area contributed by atoms with Gasteiger partial charge in [-0.2, -0.15) is 9.36 Å². The van der Waals surface area contributed by atoms with Crippen LogP contribution in [0, 0.1) is 12.7 Å². The summed E-state index contributed by atoms with van der Waals surface area (Å²) in [5.41, 5.74) is 2.34. The summed E-state index contributed by atoms with van der Waals surface area (Å²) in [5, 5.41) is 11.2. The quantitative estimate of drug-likeness (QED) is 0.493. The van der Waals surface area contributed by atoms with E-state index >= 15 is 0 Å². The predicted molar refractivity (Wildman–Crippen MR) is 107 cm³/mol. The van der Waals surface area contributed by atoms with Crippen LogP contribution in [0.4, 0.5) is 9.52 Å². The first-order valence-electron chi connectivity index (χ1n) is 8.10. The molecular weight excluding hydrogens is 447 g/mol. The zero-order chi connectivity index (χ0) is 19.7. The Bertz CT molecular complexity index is 1160. The third-order valence-electron chi connectivity index (χ3n) is 3.91. The zero-order valence-electron chi connectivity index (χ0n) is 14.4. The summed E-state index contributed by atoms with van der Waals surface area (Å²) in [6.07, 6.45) is 0. The van der Waals surface area contributed by atoms with E-state index in [1.54, 1.807) is 4.68 Å². The minimum absolute atomic E-state index is 0.203. The standard InChI is InChI=1S/C18H12BrFN6OS/c1-10-15(23-25-26(10)14-7-5-12(19)6-8-14)16-21-18(28-24-16)22-17(27)11-3-2-4-13(20)9-11/h2-9H,1H3,(H,21,22,24,27). The Morgan fingerprint density at radius 3 is 2.75 bits per heavy atom. The molecular formula is C18H12BrFN6OS. The van der Waals surface area contributed by atoms with Crippen molar-refractivity contribution in [3.8, 4) is 17.2 Å². The van der Waals surface area contributed by atoms with Gasteiger partial charge in [0.1, 0.15) is 5.82 Å². The number of rotatable bonds is 4. The summed E-state index contributed by atoms with van der Waals surface area (Å²) in [6, 6.07) is 13.1. The molecule has 0 saturated heterocycles. The number of anilines is 1. The molecule has 0 bridgehead atoms. The highest BCUT2D eigenvalue weighted by Crippen LogP contribution is 2.24. The van der Waals surface area contributed by atoms with Crippen molar-refractivity contribution in [1.82, 2.24) is 24.4 Å². The fourth-order valence-corrected chi connectivity index (χ4v) is 3.36. The predicted octanol–water partition coefficient (Wildman–Crippen LogP) is 4.25. The maximum Gasteiger partial charge on any atom is 0.257 e. The maximum atomic E-state index is 13.3. The normalized spacial score (nSPS) is 10.8. The molecule has 1 amide bonds. The first-order chi connectivity index (χ1) is 13.5. The highest BCUT2D eigenvalue weighted by atomic mass is 79.9. The SMILES string of the molecule is Cc1c(-c2nsc(NC(=O)c3cccc(F)c3)n2)nnn1-c1ccc(Br)cc1. The summed E-state index contributed by atoms with van der Waals surface area (Å²) in [5.74, 6) is -0.580. The Hall–Kier alpha value is -2.98. The third-order valence-corrected chi connectivity index (χ3v) is 5.07. The van der Waals surface area contributed by atoms with Gasteiger partial charge in [0, 0.05) is 21.6 Å². The Labute approximate surface area is 171 Å². The van der Waals surface area contributed by atoms with Crippen LogP contribution in [0.5, 0.6) is 0 Å². The molecule has 2 aromatic heterocycles. The van der Waals surface area contributed by atoms with E-state index in [4.69, 9.17) is 0 Å². The molecule has 0 fully saturated rings. The van der Waals surface area contributed by atoms with Gasteiger partial charge in [0.05, 0.1) is 11.4 Å². The van der Waals surface area contributed by atoms with Gasteiger partial charge in [-0.05, 0) is 49.4 Å². The zero-order valence-corrected chi connectivity index (χ0v) is 16.8. The molecule has 0 aliphatic heterocycles. The lowest BCUT2D eigenvalue weighted by molar-refractivity contribution is 0.102. The molecule has 0 atom stereocenters. The van der Waals surface area contributed by atoms with E-state index in [0.717, 1.165) is 33.5 Å². The van der Waals surface area contributed by atoms with Crippen LogP contribution in [-0.2, 0) is 0 Å². The minimum atomic E-state index is -0.481. The minimum Gasteiger partial charge on any atom is -0.297 e. The average molecular weight is 459 g/mol. The monoisotopic (exact) mass is 458 g/mol. The van der Waals surface area contributed by atoms with Gasteiger partial charge in [-0.3, -0.25) is 10.1 Å². The van der Waals surface area contributed by atoms with Crippen LogP contribution >= 0.6 is 27.5 Å². The summed E-state index contributed by atoms with van der Waals surface area (Å²) in [6.45, 7) is 1.86. The Morgan fingerprint density at radius 2 is 2.00 bits per heavy atom. The van der Waals surface area contributed by atoms with Crippen molar-refractivity contribution in [3.63, 3.8) is 0 Å². The van der Waals surface area contributed by atoms with Crippen LogP contribution in [0.25, 0.3) is 17.2 Å². The lowest BCUT2D eigenvalue weighted by atomic mass is 10.2. The molecule has 10 heteroatoms. The number of carbonyl (C=O) groups excluding carboxylic acids is 1. The molecule has 28 heavy (non-hydrogen) atoms. The maximum absolute atomic E-state index is 13.3. The molecule has 140 valence electrons. The van der Waals surface area contributed by atoms with Crippen molar-refractivity contribution >= 4 is 38.5 Å². The molecule has 0 unspecified atom stereocenters. The number of carbonyl (C=O) groups is 1. The molecule has 7 nitrogen and oxygen atoms in total. The van der Waals surface area contributed by atoms with Gasteiger partial charge in [0.2, 0.25) is 5.13 Å². The van der Waals surface area contributed by atoms with Crippen molar-refractivity contribution in [2.75, 3.05) is 5.32 Å². The van der Waals surface area contributed by atoms with Gasteiger partial charge in [0.25, 0.3) is 5.91 Å². The molecule has 4 aromatic rings. The second-order valence-corrected chi connectivity index (χ2v) is 7.47.